The summed E-state index contributed by atoms with van der Waals surface area (Å²) in [7, 11) is 1.63. The Morgan fingerprint density at radius 2 is 1.81 bits per heavy atom. The van der Waals surface area contributed by atoms with Gasteiger partial charge in [0.15, 0.2) is 5.76 Å². The number of methoxy groups -OCH3 is 1. The van der Waals surface area contributed by atoms with E-state index in [-0.39, 0.29) is 17.6 Å². The number of hydrogen-bond acceptors (Lipinski definition) is 5. The van der Waals surface area contributed by atoms with Crippen LogP contribution in [0.25, 0.3) is 6.08 Å². The van der Waals surface area contributed by atoms with E-state index >= 15 is 0 Å². The van der Waals surface area contributed by atoms with Gasteiger partial charge in [0.1, 0.15) is 35.7 Å². The van der Waals surface area contributed by atoms with Crippen molar-refractivity contribution in [2.75, 3.05) is 7.11 Å². The molecule has 0 saturated carbocycles. The second kappa shape index (κ2) is 8.27. The number of fused-ring (bicyclic) bond motifs is 2. The smallest absolute Gasteiger partial charge is 0.231 e. The highest BCUT2D eigenvalue weighted by atomic mass is 16.5. The molecule has 3 aromatic rings. The Balaban J connectivity index is 1.35. The Bertz CT molecular complexity index is 1250. The fraction of sp³-hybridized carbons (Fsp3) is 0.148. The van der Waals surface area contributed by atoms with Crippen LogP contribution in [0, 0.1) is 0 Å². The molecular formula is C27H22O5. The first-order valence-corrected chi connectivity index (χ1v) is 10.4. The maximum Gasteiger partial charge on any atom is 0.231 e. The van der Waals surface area contributed by atoms with Crippen LogP contribution in [0.5, 0.6) is 23.0 Å². The van der Waals surface area contributed by atoms with Crippen LogP contribution in [0.2, 0.25) is 0 Å². The van der Waals surface area contributed by atoms with Crippen molar-refractivity contribution in [3.8, 4) is 23.0 Å². The summed E-state index contributed by atoms with van der Waals surface area (Å²) in [5.41, 5.74) is 3.32. The van der Waals surface area contributed by atoms with Crippen LogP contribution in [0.1, 0.15) is 28.4 Å². The predicted molar refractivity (Wildman–Crippen MR) is 121 cm³/mol. The highest BCUT2D eigenvalue weighted by molar-refractivity contribution is 6.12. The van der Waals surface area contributed by atoms with Crippen LogP contribution in [-0.4, -0.2) is 19.0 Å². The van der Waals surface area contributed by atoms with Gasteiger partial charge in [0, 0.05) is 17.2 Å². The second-order valence-corrected chi connectivity index (χ2v) is 7.64. The van der Waals surface area contributed by atoms with E-state index in [1.165, 1.54) is 0 Å². The van der Waals surface area contributed by atoms with Gasteiger partial charge in [-0.3, -0.25) is 4.79 Å². The topological polar surface area (TPSA) is 54.0 Å². The third-order valence-corrected chi connectivity index (χ3v) is 5.54. The van der Waals surface area contributed by atoms with Crippen LogP contribution in [0.3, 0.4) is 0 Å². The van der Waals surface area contributed by atoms with Crippen molar-refractivity contribution in [3.05, 3.63) is 101 Å². The van der Waals surface area contributed by atoms with Crippen molar-refractivity contribution < 1.29 is 23.7 Å². The zero-order valence-electron chi connectivity index (χ0n) is 17.8. The first kappa shape index (κ1) is 19.9. The third-order valence-electron chi connectivity index (χ3n) is 5.54. The molecule has 3 aromatic carbocycles. The predicted octanol–water partition coefficient (Wildman–Crippen LogP) is 5.60. The molecule has 0 amide bonds. The molecule has 0 N–H and O–H groups in total. The lowest BCUT2D eigenvalue weighted by Crippen LogP contribution is -2.18. The standard InChI is InChI=1S/C27H22O5/c1-17-20(13-18-7-3-6-10-24(18)31-17)14-26-27(28)22-12-11-21(15-25(22)32-26)30-16-19-8-4-5-9-23(19)29-2/h3-15,17H,16H2,1-2H3. The van der Waals surface area contributed by atoms with Gasteiger partial charge in [-0.15, -0.1) is 0 Å². The van der Waals surface area contributed by atoms with Crippen LogP contribution in [-0.2, 0) is 6.61 Å². The van der Waals surface area contributed by atoms with E-state index in [0.717, 1.165) is 28.2 Å². The molecule has 1 atom stereocenters. The molecule has 2 heterocycles. The molecule has 2 aliphatic rings. The third kappa shape index (κ3) is 3.73. The van der Waals surface area contributed by atoms with Crippen molar-refractivity contribution in [1.29, 1.82) is 0 Å². The maximum atomic E-state index is 12.9. The Labute approximate surface area is 186 Å². The van der Waals surface area contributed by atoms with Crippen molar-refractivity contribution in [3.63, 3.8) is 0 Å². The fourth-order valence-corrected chi connectivity index (χ4v) is 3.81. The van der Waals surface area contributed by atoms with E-state index < -0.39 is 0 Å². The summed E-state index contributed by atoms with van der Waals surface area (Å²) in [6.45, 7) is 2.30. The van der Waals surface area contributed by atoms with Gasteiger partial charge in [-0.25, -0.2) is 0 Å². The lowest BCUT2D eigenvalue weighted by atomic mass is 10.0. The number of carbonyl (C=O) groups is 1. The molecule has 0 radical (unpaired) electrons. The van der Waals surface area contributed by atoms with E-state index in [9.17, 15) is 4.79 Å². The minimum atomic E-state index is -0.183. The Kier molecular flexibility index (Phi) is 5.15. The molecule has 0 aromatic heterocycles. The maximum absolute atomic E-state index is 12.9. The van der Waals surface area contributed by atoms with Crippen LogP contribution in [0.4, 0.5) is 0 Å². The summed E-state index contributed by atoms with van der Waals surface area (Å²) in [6, 6.07) is 20.8. The summed E-state index contributed by atoms with van der Waals surface area (Å²) in [4.78, 5) is 12.9. The van der Waals surface area contributed by atoms with Gasteiger partial charge in [-0.2, -0.15) is 0 Å². The van der Waals surface area contributed by atoms with Gasteiger partial charge in [-0.1, -0.05) is 36.4 Å². The summed E-state index contributed by atoms with van der Waals surface area (Å²) >= 11 is 0. The molecule has 0 spiro atoms. The molecule has 0 fully saturated rings. The van der Waals surface area contributed by atoms with Gasteiger partial charge < -0.3 is 18.9 Å². The lowest BCUT2D eigenvalue weighted by molar-refractivity contribution is 0.101. The summed E-state index contributed by atoms with van der Waals surface area (Å²) in [6.07, 6.45) is 3.60. The van der Waals surface area contributed by atoms with E-state index in [2.05, 4.69) is 0 Å². The molecule has 0 saturated heterocycles. The van der Waals surface area contributed by atoms with Gasteiger partial charge in [0.05, 0.1) is 12.7 Å². The highest BCUT2D eigenvalue weighted by Gasteiger charge is 2.29. The zero-order chi connectivity index (χ0) is 22.1. The first-order valence-electron chi connectivity index (χ1n) is 10.4. The largest absolute Gasteiger partial charge is 0.496 e. The number of carbonyl (C=O) groups excluding carboxylic acids is 1. The average molecular weight is 426 g/mol. The molecule has 1 unspecified atom stereocenters. The number of hydrogen-bond donors (Lipinski definition) is 0. The van der Waals surface area contributed by atoms with Crippen LogP contribution >= 0.6 is 0 Å². The number of allylic oxidation sites excluding steroid dienone is 1. The molecule has 160 valence electrons. The van der Waals surface area contributed by atoms with E-state index in [1.54, 1.807) is 31.4 Å². The Morgan fingerprint density at radius 3 is 2.69 bits per heavy atom. The quantitative estimate of drug-likeness (QED) is 0.497. The molecule has 5 rings (SSSR count). The molecule has 0 aliphatic carbocycles. The van der Waals surface area contributed by atoms with Gasteiger partial charge >= 0.3 is 0 Å². The lowest BCUT2D eigenvalue weighted by Gasteiger charge is -2.22. The first-order chi connectivity index (χ1) is 15.6. The molecular weight excluding hydrogens is 404 g/mol. The second-order valence-electron chi connectivity index (χ2n) is 7.64. The SMILES string of the molecule is COc1ccccc1COc1ccc2c(c1)OC(=CC1=Cc3ccccc3OC1C)C2=O. The minimum Gasteiger partial charge on any atom is -0.496 e. The van der Waals surface area contributed by atoms with Crippen LogP contribution < -0.4 is 18.9 Å². The van der Waals surface area contributed by atoms with E-state index in [4.69, 9.17) is 18.9 Å². The molecule has 32 heavy (non-hydrogen) atoms. The molecule has 5 heteroatoms. The van der Waals surface area contributed by atoms with Crippen molar-refractivity contribution in [1.82, 2.24) is 0 Å². The van der Waals surface area contributed by atoms with Crippen molar-refractivity contribution >= 4 is 11.9 Å². The minimum absolute atomic E-state index is 0.150. The van der Waals surface area contributed by atoms with Crippen LogP contribution in [0.15, 0.2) is 84.1 Å². The molecule has 2 aliphatic heterocycles. The number of rotatable bonds is 5. The fourth-order valence-electron chi connectivity index (χ4n) is 3.81. The zero-order valence-corrected chi connectivity index (χ0v) is 17.8. The van der Waals surface area contributed by atoms with E-state index in [0.29, 0.717) is 23.7 Å². The van der Waals surface area contributed by atoms with Gasteiger partial charge in [0.2, 0.25) is 5.78 Å². The van der Waals surface area contributed by atoms with Crippen molar-refractivity contribution in [2.45, 2.75) is 19.6 Å². The monoisotopic (exact) mass is 426 g/mol. The number of para-hydroxylation sites is 2. The number of ether oxygens (including phenoxy) is 4. The summed E-state index contributed by atoms with van der Waals surface area (Å²) in [5.74, 6) is 2.84. The van der Waals surface area contributed by atoms with E-state index in [1.807, 2.05) is 61.5 Å². The summed E-state index contributed by atoms with van der Waals surface area (Å²) < 4.78 is 23.2. The van der Waals surface area contributed by atoms with Gasteiger partial charge in [0.25, 0.3) is 0 Å². The number of ketones is 1. The van der Waals surface area contributed by atoms with Crippen molar-refractivity contribution in [2.24, 2.45) is 0 Å². The average Bonchev–Trinajstić information content (AvgIpc) is 3.12. The Morgan fingerprint density at radius 1 is 1.00 bits per heavy atom. The molecule has 0 bridgehead atoms. The highest BCUT2D eigenvalue weighted by Crippen LogP contribution is 2.36. The number of benzene rings is 3. The Hall–Kier alpha value is -3.99. The normalized spacial score (nSPS) is 17.7. The summed E-state index contributed by atoms with van der Waals surface area (Å²) in [5, 5.41) is 0. The van der Waals surface area contributed by atoms with Gasteiger partial charge in [-0.05, 0) is 48.9 Å². The molecule has 5 nitrogen and oxygen atoms in total. The number of Topliss-reactive ketones (excluding diaryl/α,β-unsaturated/α-hetero) is 1.